The predicted molar refractivity (Wildman–Crippen MR) is 123 cm³/mol. The van der Waals surface area contributed by atoms with E-state index in [9.17, 15) is 4.79 Å². The molecule has 5 rings (SSSR count). The third-order valence-corrected chi connectivity index (χ3v) is 6.41. The quantitative estimate of drug-likeness (QED) is 0.748. The standard InChI is InChI=1S/C24H30N4O4/c1-27-8-2-3-17-13-18(4-6-20(17)27)21(28-9-11-30-12-10-28)15-25-24(29)26-19-5-7-22-23(14-19)32-16-31-22/h4-7,13-14,21H,2-3,8-12,15-16H2,1H3,(H2,25,26,29). The van der Waals surface area contributed by atoms with E-state index in [2.05, 4.69) is 45.7 Å². The van der Waals surface area contributed by atoms with Crippen LogP contribution in [0.1, 0.15) is 23.6 Å². The van der Waals surface area contributed by atoms with Crippen molar-refractivity contribution in [1.29, 1.82) is 0 Å². The molecule has 3 heterocycles. The molecule has 2 aromatic carbocycles. The molecule has 0 spiro atoms. The average molecular weight is 439 g/mol. The molecule has 170 valence electrons. The number of morpholine rings is 1. The summed E-state index contributed by atoms with van der Waals surface area (Å²) in [6, 6.07) is 12.0. The second-order valence-electron chi connectivity index (χ2n) is 8.48. The van der Waals surface area contributed by atoms with E-state index in [0.29, 0.717) is 36.9 Å². The third kappa shape index (κ3) is 4.47. The minimum Gasteiger partial charge on any atom is -0.454 e. The van der Waals surface area contributed by atoms with Crippen LogP contribution in [0.3, 0.4) is 0 Å². The van der Waals surface area contributed by atoms with Crippen molar-refractivity contribution in [2.45, 2.75) is 18.9 Å². The number of carbonyl (C=O) groups is 1. The fourth-order valence-corrected chi connectivity index (χ4v) is 4.70. The van der Waals surface area contributed by atoms with E-state index in [-0.39, 0.29) is 18.9 Å². The third-order valence-electron chi connectivity index (χ3n) is 6.41. The molecule has 0 radical (unpaired) electrons. The van der Waals surface area contributed by atoms with E-state index in [4.69, 9.17) is 14.2 Å². The first-order chi connectivity index (χ1) is 15.7. The smallest absolute Gasteiger partial charge is 0.319 e. The first-order valence-electron chi connectivity index (χ1n) is 11.3. The highest BCUT2D eigenvalue weighted by Crippen LogP contribution is 2.34. The largest absolute Gasteiger partial charge is 0.454 e. The number of ether oxygens (including phenoxy) is 3. The van der Waals surface area contributed by atoms with Gasteiger partial charge in [0.25, 0.3) is 0 Å². The lowest BCUT2D eigenvalue weighted by atomic mass is 9.95. The van der Waals surface area contributed by atoms with Gasteiger partial charge in [0.2, 0.25) is 6.79 Å². The first kappa shape index (κ1) is 20.9. The van der Waals surface area contributed by atoms with E-state index < -0.39 is 0 Å². The number of aryl methyl sites for hydroxylation is 1. The first-order valence-corrected chi connectivity index (χ1v) is 11.3. The number of nitrogens with zero attached hydrogens (tertiary/aromatic N) is 2. The Morgan fingerprint density at radius 3 is 2.78 bits per heavy atom. The van der Waals surface area contributed by atoms with Gasteiger partial charge < -0.3 is 29.7 Å². The molecule has 2 aromatic rings. The molecule has 0 aromatic heterocycles. The van der Waals surface area contributed by atoms with Crippen LogP contribution in [-0.4, -0.2) is 64.2 Å². The fourth-order valence-electron chi connectivity index (χ4n) is 4.70. The van der Waals surface area contributed by atoms with Crippen molar-refractivity contribution >= 4 is 17.4 Å². The lowest BCUT2D eigenvalue weighted by Crippen LogP contribution is -2.44. The molecule has 0 aliphatic carbocycles. The zero-order valence-corrected chi connectivity index (χ0v) is 18.4. The lowest BCUT2D eigenvalue weighted by molar-refractivity contribution is 0.0167. The second kappa shape index (κ2) is 9.26. The van der Waals surface area contributed by atoms with Crippen LogP contribution in [0.25, 0.3) is 0 Å². The van der Waals surface area contributed by atoms with Gasteiger partial charge in [0.05, 0.1) is 19.3 Å². The molecule has 1 saturated heterocycles. The molecule has 8 heteroatoms. The summed E-state index contributed by atoms with van der Waals surface area (Å²) in [5, 5.41) is 5.97. The average Bonchev–Trinajstić information content (AvgIpc) is 3.28. The van der Waals surface area contributed by atoms with E-state index in [1.54, 1.807) is 12.1 Å². The highest BCUT2D eigenvalue weighted by atomic mass is 16.7. The van der Waals surface area contributed by atoms with Gasteiger partial charge in [-0.2, -0.15) is 0 Å². The zero-order chi connectivity index (χ0) is 21.9. The molecule has 0 saturated carbocycles. The minimum atomic E-state index is -0.236. The molecule has 32 heavy (non-hydrogen) atoms. The van der Waals surface area contributed by atoms with Crippen LogP contribution in [0.15, 0.2) is 36.4 Å². The number of urea groups is 1. The van der Waals surface area contributed by atoms with Gasteiger partial charge in [-0.25, -0.2) is 4.79 Å². The second-order valence-corrected chi connectivity index (χ2v) is 8.48. The van der Waals surface area contributed by atoms with E-state index >= 15 is 0 Å². The molecule has 3 aliphatic rings. The highest BCUT2D eigenvalue weighted by Gasteiger charge is 2.25. The molecule has 0 bridgehead atoms. The summed E-state index contributed by atoms with van der Waals surface area (Å²) in [4.78, 5) is 17.4. The maximum absolute atomic E-state index is 12.7. The molecule has 1 atom stereocenters. The molecule has 2 amide bonds. The zero-order valence-electron chi connectivity index (χ0n) is 18.4. The van der Waals surface area contributed by atoms with Crippen LogP contribution in [0.5, 0.6) is 11.5 Å². The Balaban J connectivity index is 1.29. The summed E-state index contributed by atoms with van der Waals surface area (Å²) in [7, 11) is 2.15. The Morgan fingerprint density at radius 2 is 1.91 bits per heavy atom. The Kier molecular flexibility index (Phi) is 6.05. The van der Waals surface area contributed by atoms with Crippen LogP contribution in [0, 0.1) is 0 Å². The molecular weight excluding hydrogens is 408 g/mol. The van der Waals surface area contributed by atoms with Crippen molar-refractivity contribution in [2.75, 3.05) is 63.5 Å². The lowest BCUT2D eigenvalue weighted by Gasteiger charge is -2.36. The Bertz CT molecular complexity index is 976. The van der Waals surface area contributed by atoms with Crippen molar-refractivity contribution in [3.05, 3.63) is 47.5 Å². The van der Waals surface area contributed by atoms with Gasteiger partial charge in [-0.3, -0.25) is 4.90 Å². The van der Waals surface area contributed by atoms with Crippen LogP contribution >= 0.6 is 0 Å². The molecule has 1 unspecified atom stereocenters. The fraction of sp³-hybridized carbons (Fsp3) is 0.458. The summed E-state index contributed by atoms with van der Waals surface area (Å²) < 4.78 is 16.3. The van der Waals surface area contributed by atoms with E-state index in [0.717, 1.165) is 26.1 Å². The van der Waals surface area contributed by atoms with Crippen molar-refractivity contribution in [2.24, 2.45) is 0 Å². The Labute approximate surface area is 188 Å². The van der Waals surface area contributed by atoms with Crippen LogP contribution < -0.4 is 25.0 Å². The number of anilines is 2. The number of nitrogens with one attached hydrogen (secondary N) is 2. The molecule has 2 N–H and O–H groups in total. The van der Waals surface area contributed by atoms with Gasteiger partial charge in [0.15, 0.2) is 11.5 Å². The van der Waals surface area contributed by atoms with Crippen molar-refractivity contribution in [3.8, 4) is 11.5 Å². The Hall–Kier alpha value is -2.97. The summed E-state index contributed by atoms with van der Waals surface area (Å²) in [5.41, 5.74) is 4.62. The topological polar surface area (TPSA) is 75.3 Å². The summed E-state index contributed by atoms with van der Waals surface area (Å²) in [5.74, 6) is 1.34. The van der Waals surface area contributed by atoms with Crippen LogP contribution in [0.2, 0.25) is 0 Å². The molecule has 1 fully saturated rings. The van der Waals surface area contributed by atoms with Crippen LogP contribution in [0.4, 0.5) is 16.2 Å². The summed E-state index contributed by atoms with van der Waals surface area (Å²) in [6.07, 6.45) is 2.27. The summed E-state index contributed by atoms with van der Waals surface area (Å²) in [6.45, 7) is 4.97. The number of rotatable bonds is 5. The van der Waals surface area contributed by atoms with Gasteiger partial charge in [0.1, 0.15) is 0 Å². The number of carbonyl (C=O) groups excluding carboxylic acids is 1. The molecule has 8 nitrogen and oxygen atoms in total. The Morgan fingerprint density at radius 1 is 1.06 bits per heavy atom. The number of hydrogen-bond acceptors (Lipinski definition) is 6. The highest BCUT2D eigenvalue weighted by molar-refractivity contribution is 5.89. The summed E-state index contributed by atoms with van der Waals surface area (Å²) >= 11 is 0. The van der Waals surface area contributed by atoms with Crippen molar-refractivity contribution in [3.63, 3.8) is 0 Å². The number of hydrogen-bond donors (Lipinski definition) is 2. The van der Waals surface area contributed by atoms with E-state index in [1.165, 1.54) is 23.2 Å². The van der Waals surface area contributed by atoms with Crippen molar-refractivity contribution < 1.29 is 19.0 Å². The normalized spacial score (nSPS) is 18.7. The minimum absolute atomic E-state index is 0.0962. The van der Waals surface area contributed by atoms with E-state index in [1.807, 2.05) is 6.07 Å². The van der Waals surface area contributed by atoms with Gasteiger partial charge in [-0.05, 0) is 42.2 Å². The van der Waals surface area contributed by atoms with Crippen molar-refractivity contribution in [1.82, 2.24) is 10.2 Å². The van der Waals surface area contributed by atoms with Gasteiger partial charge in [-0.1, -0.05) is 12.1 Å². The number of amides is 2. The maximum Gasteiger partial charge on any atom is 0.319 e. The SMILES string of the molecule is CN1CCCc2cc(C(CNC(=O)Nc3ccc4c(c3)OCO4)N3CCOCC3)ccc21. The van der Waals surface area contributed by atoms with Gasteiger partial charge in [-0.15, -0.1) is 0 Å². The van der Waals surface area contributed by atoms with Gasteiger partial charge >= 0.3 is 6.03 Å². The molecule has 3 aliphatic heterocycles. The van der Waals surface area contributed by atoms with Gasteiger partial charge in [0, 0.05) is 50.7 Å². The number of benzene rings is 2. The van der Waals surface area contributed by atoms with Crippen LogP contribution in [-0.2, 0) is 11.2 Å². The molecular formula is C24H30N4O4. The predicted octanol–water partition coefficient (Wildman–Crippen LogP) is 2.99. The number of fused-ring (bicyclic) bond motifs is 2. The monoisotopic (exact) mass is 438 g/mol. The maximum atomic E-state index is 12.7.